The molecule has 0 radical (unpaired) electrons. The van der Waals surface area contributed by atoms with Crippen LogP contribution in [0.15, 0.2) is 85.2 Å². The maximum atomic E-state index is 13.8. The molecule has 1 saturated heterocycles. The van der Waals surface area contributed by atoms with Crippen molar-refractivity contribution < 1.29 is 29.2 Å². The van der Waals surface area contributed by atoms with Crippen molar-refractivity contribution in [2.24, 2.45) is 0 Å². The summed E-state index contributed by atoms with van der Waals surface area (Å²) >= 11 is 0. The molecular formula is C29H26N2O5. The van der Waals surface area contributed by atoms with Crippen LogP contribution in [0.1, 0.15) is 35.2 Å². The average Bonchev–Trinajstić information content (AvgIpc) is 3.39. The van der Waals surface area contributed by atoms with Crippen molar-refractivity contribution in [3.8, 4) is 11.5 Å². The highest BCUT2D eigenvalue weighted by Crippen LogP contribution is 2.41. The highest BCUT2D eigenvalue weighted by molar-refractivity contribution is 6.46. The standard InChI is InChI=1S/C29H26N2O5/c1-3-12-35-23-8-4-7-20(15-23)26-25(27(32)21-9-10-24-22(14-21)13-18(2)36-24)28(33)29(34)31(26)17-19-6-5-11-30-16-19/h3-11,14-16,18,26,32H,1,12-13,17H2,2H3/b27-25+. The summed E-state index contributed by atoms with van der Waals surface area (Å²) in [4.78, 5) is 31.0. The minimum absolute atomic E-state index is 0.0249. The number of fused-ring (bicyclic) bond motifs is 1. The predicted octanol–water partition coefficient (Wildman–Crippen LogP) is 2.81. The number of pyridine rings is 1. The van der Waals surface area contributed by atoms with E-state index in [-0.39, 0.29) is 18.2 Å². The molecule has 0 aliphatic carbocycles. The lowest BCUT2D eigenvalue weighted by molar-refractivity contribution is -0.378. The van der Waals surface area contributed by atoms with Gasteiger partial charge in [-0.2, -0.15) is 0 Å². The number of nitrogens with zero attached hydrogens (tertiary/aromatic N) is 1. The number of benzene rings is 2. The largest absolute Gasteiger partial charge is 0.872 e. The fraction of sp³-hybridized carbons (Fsp3) is 0.207. The van der Waals surface area contributed by atoms with Gasteiger partial charge in [-0.15, -0.1) is 0 Å². The van der Waals surface area contributed by atoms with Crippen LogP contribution in [0.25, 0.3) is 5.76 Å². The number of amides is 1. The summed E-state index contributed by atoms with van der Waals surface area (Å²) in [5.41, 5.74) is 2.64. The molecule has 0 bridgehead atoms. The van der Waals surface area contributed by atoms with E-state index in [0.717, 1.165) is 16.9 Å². The zero-order valence-electron chi connectivity index (χ0n) is 19.9. The summed E-state index contributed by atoms with van der Waals surface area (Å²) in [7, 11) is 0. The number of carbonyl (C=O) groups is 2. The first-order chi connectivity index (χ1) is 17.5. The van der Waals surface area contributed by atoms with Gasteiger partial charge >= 0.3 is 0 Å². The fourth-order valence-electron chi connectivity index (χ4n) is 4.75. The molecule has 36 heavy (non-hydrogen) atoms. The van der Waals surface area contributed by atoms with Gasteiger partial charge in [0.15, 0.2) is 12.4 Å². The Hall–Kier alpha value is -4.39. The van der Waals surface area contributed by atoms with Crippen LogP contribution in [0.5, 0.6) is 11.5 Å². The first kappa shape index (κ1) is 23.4. The molecule has 0 saturated carbocycles. The summed E-state index contributed by atoms with van der Waals surface area (Å²) in [6.07, 6.45) is 5.86. The predicted molar refractivity (Wildman–Crippen MR) is 131 cm³/mol. The highest BCUT2D eigenvalue weighted by Gasteiger charge is 2.44. The van der Waals surface area contributed by atoms with Gasteiger partial charge in [0.05, 0.1) is 12.6 Å². The first-order valence-corrected chi connectivity index (χ1v) is 11.8. The van der Waals surface area contributed by atoms with E-state index >= 15 is 0 Å². The SMILES string of the molecule is C=CCOc1cccc(C2/C(=C(\[O-])c3ccc4c(c3)CC(C)O4)C(=O)C(=O)N2Cc2ccc[nH+]c2)c1. The van der Waals surface area contributed by atoms with Crippen molar-refractivity contribution in [3.05, 3.63) is 107 Å². The second-order valence-corrected chi connectivity index (χ2v) is 8.95. The van der Waals surface area contributed by atoms with E-state index in [1.807, 2.05) is 19.1 Å². The number of likely N-dealkylation sites (tertiary alicyclic amines) is 1. The maximum Gasteiger partial charge on any atom is 0.295 e. The molecule has 182 valence electrons. The van der Waals surface area contributed by atoms with Gasteiger partial charge in [-0.1, -0.05) is 36.6 Å². The Balaban J connectivity index is 1.62. The summed E-state index contributed by atoms with van der Waals surface area (Å²) in [6, 6.07) is 15.1. The van der Waals surface area contributed by atoms with Crippen LogP contribution < -0.4 is 19.6 Å². The Morgan fingerprint density at radius 3 is 2.86 bits per heavy atom. The Morgan fingerprint density at radius 2 is 2.08 bits per heavy atom. The number of ether oxygens (including phenoxy) is 2. The van der Waals surface area contributed by atoms with Gasteiger partial charge in [0.2, 0.25) is 5.78 Å². The topological polar surface area (TPSA) is 93.0 Å². The van der Waals surface area contributed by atoms with Gasteiger partial charge in [0.25, 0.3) is 5.91 Å². The molecule has 0 spiro atoms. The van der Waals surface area contributed by atoms with E-state index in [4.69, 9.17) is 9.47 Å². The molecule has 1 N–H and O–H groups in total. The number of H-pyrrole nitrogens is 1. The zero-order chi connectivity index (χ0) is 25.2. The highest BCUT2D eigenvalue weighted by atomic mass is 16.5. The lowest BCUT2D eigenvalue weighted by Gasteiger charge is -2.27. The van der Waals surface area contributed by atoms with Crippen molar-refractivity contribution in [2.75, 3.05) is 6.61 Å². The molecule has 1 aromatic heterocycles. The number of ketones is 1. The molecule has 2 aromatic carbocycles. The van der Waals surface area contributed by atoms with Gasteiger partial charge in [-0.05, 0) is 53.9 Å². The van der Waals surface area contributed by atoms with Crippen LogP contribution in [0.4, 0.5) is 0 Å². The lowest BCUT2D eigenvalue weighted by atomic mass is 9.94. The van der Waals surface area contributed by atoms with E-state index < -0.39 is 23.5 Å². The minimum atomic E-state index is -0.853. The number of nitrogens with one attached hydrogen (secondary N) is 1. The summed E-state index contributed by atoms with van der Waals surface area (Å²) in [6.45, 7) is 6.10. The smallest absolute Gasteiger partial charge is 0.295 e. The molecule has 5 rings (SSSR count). The summed E-state index contributed by atoms with van der Waals surface area (Å²) < 4.78 is 11.4. The molecule has 2 unspecified atom stereocenters. The second kappa shape index (κ2) is 9.70. The van der Waals surface area contributed by atoms with Crippen LogP contribution in [0.2, 0.25) is 0 Å². The second-order valence-electron chi connectivity index (χ2n) is 8.95. The third-order valence-corrected chi connectivity index (χ3v) is 6.35. The molecule has 2 aliphatic heterocycles. The quantitative estimate of drug-likeness (QED) is 0.223. The third kappa shape index (κ3) is 4.35. The molecular weight excluding hydrogens is 456 g/mol. The number of aromatic nitrogens is 1. The van der Waals surface area contributed by atoms with Gasteiger partial charge in [-0.25, -0.2) is 4.98 Å². The molecule has 1 fully saturated rings. The van der Waals surface area contributed by atoms with Crippen LogP contribution in [0, 0.1) is 0 Å². The average molecular weight is 483 g/mol. The van der Waals surface area contributed by atoms with Crippen LogP contribution in [0.3, 0.4) is 0 Å². The van der Waals surface area contributed by atoms with Gasteiger partial charge in [0, 0.05) is 23.6 Å². The molecule has 7 heteroatoms. The van der Waals surface area contributed by atoms with Crippen LogP contribution >= 0.6 is 0 Å². The Morgan fingerprint density at radius 1 is 1.22 bits per heavy atom. The Kier molecular flexibility index (Phi) is 6.29. The van der Waals surface area contributed by atoms with E-state index in [1.54, 1.807) is 60.9 Å². The zero-order valence-corrected chi connectivity index (χ0v) is 19.9. The van der Waals surface area contributed by atoms with E-state index in [9.17, 15) is 14.7 Å². The van der Waals surface area contributed by atoms with Crippen molar-refractivity contribution >= 4 is 17.4 Å². The normalized spacial score (nSPS) is 20.2. The van der Waals surface area contributed by atoms with Crippen LogP contribution in [-0.2, 0) is 22.6 Å². The summed E-state index contributed by atoms with van der Waals surface area (Å²) in [5.74, 6) is -0.651. The number of aromatic amines is 1. The van der Waals surface area contributed by atoms with Crippen molar-refractivity contribution in [1.29, 1.82) is 0 Å². The number of rotatable bonds is 7. The van der Waals surface area contributed by atoms with Gasteiger partial charge in [0.1, 0.15) is 24.2 Å². The number of Topliss-reactive ketones (excluding diaryl/α,β-unsaturated/α-hetero) is 1. The Labute approximate surface area is 209 Å². The third-order valence-electron chi connectivity index (χ3n) is 6.35. The first-order valence-electron chi connectivity index (χ1n) is 11.8. The van der Waals surface area contributed by atoms with Gasteiger partial charge < -0.3 is 19.5 Å². The Bertz CT molecular complexity index is 1370. The monoisotopic (exact) mass is 482 g/mol. The number of carbonyl (C=O) groups excluding carboxylic acids is 2. The summed E-state index contributed by atoms with van der Waals surface area (Å²) in [5, 5.41) is 13.8. The maximum absolute atomic E-state index is 13.8. The fourth-order valence-corrected chi connectivity index (χ4v) is 4.75. The van der Waals surface area contributed by atoms with E-state index in [1.165, 1.54) is 4.90 Å². The molecule has 3 heterocycles. The van der Waals surface area contributed by atoms with Crippen LogP contribution in [-0.4, -0.2) is 29.3 Å². The number of hydrogen-bond acceptors (Lipinski definition) is 5. The number of hydrogen-bond donors (Lipinski definition) is 0. The molecule has 1 amide bonds. The molecule has 3 aromatic rings. The van der Waals surface area contributed by atoms with Crippen molar-refractivity contribution in [2.45, 2.75) is 32.0 Å². The molecule has 7 nitrogen and oxygen atoms in total. The van der Waals surface area contributed by atoms with Crippen molar-refractivity contribution in [3.63, 3.8) is 0 Å². The van der Waals surface area contributed by atoms with E-state index in [2.05, 4.69) is 11.6 Å². The van der Waals surface area contributed by atoms with E-state index in [0.29, 0.717) is 29.9 Å². The minimum Gasteiger partial charge on any atom is -0.872 e. The van der Waals surface area contributed by atoms with Crippen molar-refractivity contribution in [1.82, 2.24) is 4.90 Å². The lowest BCUT2D eigenvalue weighted by Crippen LogP contribution is -2.29. The molecule has 2 aliphatic rings. The molecule has 2 atom stereocenters. The van der Waals surface area contributed by atoms with Gasteiger partial charge in [-0.3, -0.25) is 9.59 Å².